The van der Waals surface area contributed by atoms with Gasteiger partial charge in [0.2, 0.25) is 0 Å². The average molecular weight is 259 g/mol. The normalized spacial score (nSPS) is 11.4. The molecule has 0 bridgehead atoms. The summed E-state index contributed by atoms with van der Waals surface area (Å²) in [6, 6.07) is 12.1. The predicted octanol–water partition coefficient (Wildman–Crippen LogP) is 2.42. The lowest BCUT2D eigenvalue weighted by atomic mass is 10.1. The monoisotopic (exact) mass is 259 g/mol. The van der Waals surface area contributed by atoms with Gasteiger partial charge in [0.15, 0.2) is 0 Å². The van der Waals surface area contributed by atoms with E-state index in [-0.39, 0.29) is 11.9 Å². The van der Waals surface area contributed by atoms with Crippen molar-refractivity contribution in [3.63, 3.8) is 0 Å². The lowest BCUT2D eigenvalue weighted by molar-refractivity contribution is 0.197. The van der Waals surface area contributed by atoms with E-state index in [0.29, 0.717) is 19.6 Å². The van der Waals surface area contributed by atoms with Crippen molar-refractivity contribution in [2.24, 2.45) is 5.92 Å². The van der Waals surface area contributed by atoms with E-state index in [2.05, 4.69) is 11.4 Å². The summed E-state index contributed by atoms with van der Waals surface area (Å²) in [4.78, 5) is 13.6. The molecule has 0 aliphatic carbocycles. The molecule has 0 aliphatic heterocycles. The molecule has 4 nitrogen and oxygen atoms in total. The maximum atomic E-state index is 11.9. The fourth-order valence-corrected chi connectivity index (χ4v) is 1.80. The van der Waals surface area contributed by atoms with E-state index in [1.54, 1.807) is 4.90 Å². The second-order valence-corrected chi connectivity index (χ2v) is 4.54. The van der Waals surface area contributed by atoms with Crippen LogP contribution in [0.25, 0.3) is 0 Å². The Morgan fingerprint density at radius 1 is 1.42 bits per heavy atom. The number of urea groups is 1. The quantitative estimate of drug-likeness (QED) is 0.853. The highest BCUT2D eigenvalue weighted by Crippen LogP contribution is 2.00. The second-order valence-electron chi connectivity index (χ2n) is 4.54. The highest BCUT2D eigenvalue weighted by Gasteiger charge is 2.13. The van der Waals surface area contributed by atoms with Gasteiger partial charge in [0.05, 0.1) is 12.0 Å². The molecule has 0 unspecified atom stereocenters. The first-order chi connectivity index (χ1) is 9.17. The number of nitrogens with one attached hydrogen (secondary N) is 1. The smallest absolute Gasteiger partial charge is 0.317 e. The van der Waals surface area contributed by atoms with Crippen molar-refractivity contribution in [3.05, 3.63) is 35.9 Å². The van der Waals surface area contributed by atoms with E-state index in [0.717, 1.165) is 6.42 Å². The summed E-state index contributed by atoms with van der Waals surface area (Å²) < 4.78 is 0. The van der Waals surface area contributed by atoms with Crippen molar-refractivity contribution < 1.29 is 4.79 Å². The van der Waals surface area contributed by atoms with Crippen molar-refractivity contribution >= 4 is 6.03 Å². The minimum Gasteiger partial charge on any atom is -0.338 e. The first kappa shape index (κ1) is 15.0. The molecule has 19 heavy (non-hydrogen) atoms. The van der Waals surface area contributed by atoms with Crippen LogP contribution in [0, 0.1) is 17.2 Å². The van der Waals surface area contributed by atoms with Crippen molar-refractivity contribution in [3.8, 4) is 6.07 Å². The Labute approximate surface area is 115 Å². The third-order valence-corrected chi connectivity index (χ3v) is 2.92. The standard InChI is InChI=1S/C15H21N3O/c1-3-18(12-13(2)11-16)15(19)17-10-9-14-7-5-4-6-8-14/h4-8,13H,3,9-10,12H2,1-2H3,(H,17,19)/t13-/m0/s1. The molecule has 0 saturated carbocycles. The van der Waals surface area contributed by atoms with Gasteiger partial charge in [0.1, 0.15) is 0 Å². The zero-order valence-corrected chi connectivity index (χ0v) is 11.6. The lowest BCUT2D eigenvalue weighted by Crippen LogP contribution is -2.42. The summed E-state index contributed by atoms with van der Waals surface area (Å²) in [5.41, 5.74) is 1.20. The van der Waals surface area contributed by atoms with Crippen molar-refractivity contribution in [1.29, 1.82) is 5.26 Å². The number of hydrogen-bond acceptors (Lipinski definition) is 2. The van der Waals surface area contributed by atoms with Crippen LogP contribution in [0.15, 0.2) is 30.3 Å². The van der Waals surface area contributed by atoms with Crippen LogP contribution in [0.1, 0.15) is 19.4 Å². The Balaban J connectivity index is 2.35. The molecule has 1 rings (SSSR count). The number of carbonyl (C=O) groups excluding carboxylic acids is 1. The van der Waals surface area contributed by atoms with Crippen molar-refractivity contribution in [2.45, 2.75) is 20.3 Å². The zero-order valence-electron chi connectivity index (χ0n) is 11.6. The molecule has 0 fully saturated rings. The van der Waals surface area contributed by atoms with Crippen molar-refractivity contribution in [2.75, 3.05) is 19.6 Å². The van der Waals surface area contributed by atoms with Crippen molar-refractivity contribution in [1.82, 2.24) is 10.2 Å². The molecule has 0 radical (unpaired) electrons. The summed E-state index contributed by atoms with van der Waals surface area (Å²) >= 11 is 0. The third kappa shape index (κ3) is 5.43. The Morgan fingerprint density at radius 2 is 2.11 bits per heavy atom. The highest BCUT2D eigenvalue weighted by atomic mass is 16.2. The van der Waals surface area contributed by atoms with Gasteiger partial charge in [-0.2, -0.15) is 5.26 Å². The third-order valence-electron chi connectivity index (χ3n) is 2.92. The molecule has 0 heterocycles. The van der Waals surface area contributed by atoms with Gasteiger partial charge in [-0.3, -0.25) is 0 Å². The molecule has 1 atom stereocenters. The molecule has 4 heteroatoms. The summed E-state index contributed by atoms with van der Waals surface area (Å²) in [6.07, 6.45) is 0.817. The summed E-state index contributed by atoms with van der Waals surface area (Å²) in [6.45, 7) is 5.44. The van der Waals surface area contributed by atoms with E-state index in [4.69, 9.17) is 5.26 Å². The number of benzene rings is 1. The number of rotatable bonds is 6. The van der Waals surface area contributed by atoms with Crippen LogP contribution in [0.4, 0.5) is 4.79 Å². The molecule has 102 valence electrons. The van der Waals surface area contributed by atoms with Crippen LogP contribution in [0.2, 0.25) is 0 Å². The molecule has 1 aromatic rings. The Morgan fingerprint density at radius 3 is 2.68 bits per heavy atom. The topological polar surface area (TPSA) is 56.1 Å². The highest BCUT2D eigenvalue weighted by molar-refractivity contribution is 5.74. The van der Waals surface area contributed by atoms with Crippen LogP contribution >= 0.6 is 0 Å². The Hall–Kier alpha value is -2.02. The van der Waals surface area contributed by atoms with Gasteiger partial charge in [0.25, 0.3) is 0 Å². The van der Waals surface area contributed by atoms with Gasteiger partial charge in [-0.05, 0) is 25.8 Å². The van der Waals surface area contributed by atoms with Crippen LogP contribution in [-0.2, 0) is 6.42 Å². The van der Waals surface area contributed by atoms with Gasteiger partial charge in [-0.15, -0.1) is 0 Å². The Bertz CT molecular complexity index is 425. The van der Waals surface area contributed by atoms with Gasteiger partial charge < -0.3 is 10.2 Å². The molecule has 0 spiro atoms. The zero-order chi connectivity index (χ0) is 14.1. The molecule has 0 saturated heterocycles. The SMILES string of the molecule is CCN(C[C@@H](C)C#N)C(=O)NCCc1ccccc1. The molecule has 2 amide bonds. The van der Waals surface area contributed by atoms with Gasteiger partial charge >= 0.3 is 6.03 Å². The molecule has 0 aliphatic rings. The number of hydrogen-bond donors (Lipinski definition) is 1. The summed E-state index contributed by atoms with van der Waals surface area (Å²) in [5.74, 6) is -0.139. The largest absolute Gasteiger partial charge is 0.338 e. The Kier molecular flexibility index (Phi) is 6.45. The van der Waals surface area contributed by atoms with E-state index >= 15 is 0 Å². The molecule has 0 aromatic heterocycles. The summed E-state index contributed by atoms with van der Waals surface area (Å²) in [7, 11) is 0. The molecule has 1 aromatic carbocycles. The fraction of sp³-hybridized carbons (Fsp3) is 0.467. The van der Waals surface area contributed by atoms with E-state index in [9.17, 15) is 4.79 Å². The van der Waals surface area contributed by atoms with Gasteiger partial charge in [0, 0.05) is 19.6 Å². The first-order valence-electron chi connectivity index (χ1n) is 6.63. The fourth-order valence-electron chi connectivity index (χ4n) is 1.80. The first-order valence-corrected chi connectivity index (χ1v) is 6.63. The minimum atomic E-state index is -0.139. The number of amides is 2. The maximum Gasteiger partial charge on any atom is 0.317 e. The number of nitriles is 1. The maximum absolute atomic E-state index is 11.9. The average Bonchev–Trinajstić information content (AvgIpc) is 2.45. The van der Waals surface area contributed by atoms with E-state index in [1.807, 2.05) is 44.2 Å². The number of nitrogens with zero attached hydrogens (tertiary/aromatic N) is 2. The van der Waals surface area contributed by atoms with Crippen LogP contribution in [0.5, 0.6) is 0 Å². The minimum absolute atomic E-state index is 0.0967. The van der Waals surface area contributed by atoms with Gasteiger partial charge in [-0.25, -0.2) is 4.79 Å². The van der Waals surface area contributed by atoms with Crippen LogP contribution < -0.4 is 5.32 Å². The molecule has 1 N–H and O–H groups in total. The summed E-state index contributed by atoms with van der Waals surface area (Å²) in [5, 5.41) is 11.7. The van der Waals surface area contributed by atoms with Crippen LogP contribution in [0.3, 0.4) is 0 Å². The van der Waals surface area contributed by atoms with E-state index < -0.39 is 0 Å². The van der Waals surface area contributed by atoms with Gasteiger partial charge in [-0.1, -0.05) is 30.3 Å². The number of carbonyl (C=O) groups is 1. The predicted molar refractivity (Wildman–Crippen MR) is 75.6 cm³/mol. The molecular formula is C15H21N3O. The van der Waals surface area contributed by atoms with Crippen LogP contribution in [-0.4, -0.2) is 30.6 Å². The van der Waals surface area contributed by atoms with E-state index in [1.165, 1.54) is 5.56 Å². The second kappa shape index (κ2) is 8.15. The molecular weight excluding hydrogens is 238 g/mol. The lowest BCUT2D eigenvalue weighted by Gasteiger charge is -2.22.